The molecule has 0 heterocycles. The zero-order chi connectivity index (χ0) is 18.3. The van der Waals surface area contributed by atoms with Crippen LogP contribution in [0.2, 0.25) is 5.02 Å². The van der Waals surface area contributed by atoms with Crippen LogP contribution in [-0.2, 0) is 9.45 Å². The first-order chi connectivity index (χ1) is 11.2. The van der Waals surface area contributed by atoms with Crippen LogP contribution in [-0.4, -0.2) is 42.0 Å². The largest absolute Gasteiger partial charge is 0.635 e. The SMILES string of the molecule is CC(C)C[C@H](NC(=O)CNC(=O)c1cc(F)ccc1Cl)OB(O)O. The van der Waals surface area contributed by atoms with Crippen molar-refractivity contribution in [2.75, 3.05) is 6.54 Å². The number of carbonyl (C=O) groups is 2. The molecular formula is C14H19BClFN2O5. The van der Waals surface area contributed by atoms with Gasteiger partial charge in [0.05, 0.1) is 17.1 Å². The lowest BCUT2D eigenvalue weighted by molar-refractivity contribution is -0.123. The second kappa shape index (κ2) is 9.58. The highest BCUT2D eigenvalue weighted by Gasteiger charge is 2.21. The summed E-state index contributed by atoms with van der Waals surface area (Å²) in [4.78, 5) is 23.7. The van der Waals surface area contributed by atoms with Gasteiger partial charge in [0.25, 0.3) is 5.91 Å². The lowest BCUT2D eigenvalue weighted by Gasteiger charge is -2.21. The van der Waals surface area contributed by atoms with Crippen molar-refractivity contribution in [3.63, 3.8) is 0 Å². The lowest BCUT2D eigenvalue weighted by atomic mass is 10.1. The van der Waals surface area contributed by atoms with E-state index in [2.05, 4.69) is 10.6 Å². The molecule has 1 rings (SSSR count). The smallest absolute Gasteiger partial charge is 0.402 e. The maximum Gasteiger partial charge on any atom is 0.635 e. The first-order valence-corrected chi connectivity index (χ1v) is 7.61. The summed E-state index contributed by atoms with van der Waals surface area (Å²) in [5.74, 6) is -1.83. The summed E-state index contributed by atoms with van der Waals surface area (Å²) in [7, 11) is -2.03. The molecule has 1 aromatic rings. The van der Waals surface area contributed by atoms with Gasteiger partial charge >= 0.3 is 7.32 Å². The van der Waals surface area contributed by atoms with Gasteiger partial charge < -0.3 is 25.3 Å². The molecule has 0 saturated carbocycles. The molecular weight excluding hydrogens is 341 g/mol. The van der Waals surface area contributed by atoms with Crippen LogP contribution in [0.3, 0.4) is 0 Å². The Labute approximate surface area is 144 Å². The number of carbonyl (C=O) groups excluding carboxylic acids is 2. The number of benzene rings is 1. The second-order valence-electron chi connectivity index (χ2n) is 5.45. The fourth-order valence-electron chi connectivity index (χ4n) is 1.88. The maximum atomic E-state index is 13.1. The summed E-state index contributed by atoms with van der Waals surface area (Å²) in [5, 5.41) is 22.4. The Morgan fingerprint density at radius 2 is 2.04 bits per heavy atom. The summed E-state index contributed by atoms with van der Waals surface area (Å²) < 4.78 is 17.9. The Morgan fingerprint density at radius 1 is 1.38 bits per heavy atom. The molecule has 7 nitrogen and oxygen atoms in total. The maximum absolute atomic E-state index is 13.1. The summed E-state index contributed by atoms with van der Waals surface area (Å²) in [6.07, 6.45) is -0.584. The highest BCUT2D eigenvalue weighted by molar-refractivity contribution is 6.34. The zero-order valence-corrected chi connectivity index (χ0v) is 14.0. The normalized spacial score (nSPS) is 12.0. The highest BCUT2D eigenvalue weighted by atomic mass is 35.5. The van der Waals surface area contributed by atoms with E-state index in [-0.39, 0.29) is 16.5 Å². The monoisotopic (exact) mass is 360 g/mol. The second-order valence-corrected chi connectivity index (χ2v) is 5.86. The third-order valence-corrected chi connectivity index (χ3v) is 3.21. The van der Waals surface area contributed by atoms with E-state index in [1.807, 2.05) is 13.8 Å². The Kier molecular flexibility index (Phi) is 8.13. The first-order valence-electron chi connectivity index (χ1n) is 7.23. The van der Waals surface area contributed by atoms with Gasteiger partial charge in [-0.1, -0.05) is 25.4 Å². The fraction of sp³-hybridized carbons (Fsp3) is 0.429. The Morgan fingerprint density at radius 3 is 2.62 bits per heavy atom. The molecule has 0 aliphatic rings. The van der Waals surface area contributed by atoms with Crippen molar-refractivity contribution in [1.82, 2.24) is 10.6 Å². The van der Waals surface area contributed by atoms with Crippen LogP contribution in [0.5, 0.6) is 0 Å². The van der Waals surface area contributed by atoms with Crippen LogP contribution in [0, 0.1) is 11.7 Å². The summed E-state index contributed by atoms with van der Waals surface area (Å²) in [5.41, 5.74) is -0.0924. The van der Waals surface area contributed by atoms with Gasteiger partial charge in [0.1, 0.15) is 12.0 Å². The van der Waals surface area contributed by atoms with Crippen LogP contribution < -0.4 is 10.6 Å². The van der Waals surface area contributed by atoms with Crippen molar-refractivity contribution in [2.24, 2.45) is 5.92 Å². The number of amides is 2. The van der Waals surface area contributed by atoms with Crippen molar-refractivity contribution in [3.05, 3.63) is 34.6 Å². The molecule has 24 heavy (non-hydrogen) atoms. The molecule has 0 aliphatic heterocycles. The minimum atomic E-state index is -2.03. The molecule has 0 unspecified atom stereocenters. The molecule has 132 valence electrons. The average Bonchev–Trinajstić information content (AvgIpc) is 2.45. The van der Waals surface area contributed by atoms with E-state index in [9.17, 15) is 14.0 Å². The van der Waals surface area contributed by atoms with Crippen molar-refractivity contribution in [3.8, 4) is 0 Å². The minimum Gasteiger partial charge on any atom is -0.402 e. The molecule has 1 atom stereocenters. The molecule has 10 heteroatoms. The third-order valence-electron chi connectivity index (χ3n) is 2.88. The van der Waals surface area contributed by atoms with E-state index in [0.717, 1.165) is 12.1 Å². The summed E-state index contributed by atoms with van der Waals surface area (Å²) in [6, 6.07) is 3.31. The van der Waals surface area contributed by atoms with Crippen LogP contribution in [0.4, 0.5) is 4.39 Å². The van der Waals surface area contributed by atoms with Gasteiger partial charge in [0, 0.05) is 0 Å². The van der Waals surface area contributed by atoms with E-state index >= 15 is 0 Å². The van der Waals surface area contributed by atoms with Gasteiger partial charge in [0.2, 0.25) is 5.91 Å². The van der Waals surface area contributed by atoms with Gasteiger partial charge in [-0.3, -0.25) is 9.59 Å². The van der Waals surface area contributed by atoms with E-state index in [4.69, 9.17) is 26.3 Å². The summed E-state index contributed by atoms with van der Waals surface area (Å²) in [6.45, 7) is 3.31. The number of hydrogen-bond acceptors (Lipinski definition) is 5. The van der Waals surface area contributed by atoms with Gasteiger partial charge in [-0.2, -0.15) is 0 Å². The van der Waals surface area contributed by atoms with Crippen molar-refractivity contribution in [2.45, 2.75) is 26.5 Å². The van der Waals surface area contributed by atoms with E-state index in [0.29, 0.717) is 6.42 Å². The molecule has 4 N–H and O–H groups in total. The third kappa shape index (κ3) is 7.26. The quantitative estimate of drug-likeness (QED) is 0.403. The fourth-order valence-corrected chi connectivity index (χ4v) is 2.08. The van der Waals surface area contributed by atoms with Crippen molar-refractivity contribution in [1.29, 1.82) is 0 Å². The minimum absolute atomic E-state index is 0.0544. The van der Waals surface area contributed by atoms with Crippen LogP contribution >= 0.6 is 11.6 Å². The molecule has 0 spiro atoms. The predicted octanol–water partition coefficient (Wildman–Crippen LogP) is 0.683. The lowest BCUT2D eigenvalue weighted by Crippen LogP contribution is -2.45. The molecule has 0 radical (unpaired) electrons. The molecule has 0 bridgehead atoms. The average molecular weight is 361 g/mol. The van der Waals surface area contributed by atoms with E-state index in [1.165, 1.54) is 6.07 Å². The Bertz CT molecular complexity index is 578. The van der Waals surface area contributed by atoms with Crippen LogP contribution in [0.25, 0.3) is 0 Å². The Balaban J connectivity index is 2.57. The Hall–Kier alpha value is -1.68. The number of halogens is 2. The molecule has 2 amide bonds. The molecule has 0 aliphatic carbocycles. The van der Waals surface area contributed by atoms with Gasteiger partial charge in [-0.25, -0.2) is 4.39 Å². The predicted molar refractivity (Wildman–Crippen MR) is 86.4 cm³/mol. The number of rotatable bonds is 8. The first kappa shape index (κ1) is 20.4. The van der Waals surface area contributed by atoms with E-state index in [1.54, 1.807) is 0 Å². The van der Waals surface area contributed by atoms with Crippen LogP contribution in [0.1, 0.15) is 30.6 Å². The molecule has 0 fully saturated rings. The van der Waals surface area contributed by atoms with Gasteiger partial charge in [-0.15, -0.1) is 0 Å². The van der Waals surface area contributed by atoms with Gasteiger partial charge in [-0.05, 0) is 30.5 Å². The van der Waals surface area contributed by atoms with E-state index < -0.39 is 37.7 Å². The van der Waals surface area contributed by atoms with Crippen LogP contribution in [0.15, 0.2) is 18.2 Å². The number of nitrogens with one attached hydrogen (secondary N) is 2. The zero-order valence-electron chi connectivity index (χ0n) is 13.3. The highest BCUT2D eigenvalue weighted by Crippen LogP contribution is 2.16. The molecule has 0 aromatic heterocycles. The van der Waals surface area contributed by atoms with Gasteiger partial charge in [0.15, 0.2) is 0 Å². The van der Waals surface area contributed by atoms with Crippen molar-refractivity contribution >= 4 is 30.7 Å². The topological polar surface area (TPSA) is 108 Å². The number of hydrogen-bond donors (Lipinski definition) is 4. The standard InChI is InChI=1S/C14H19BClFN2O5/c1-8(2)5-13(24-15(22)23)19-12(20)7-18-14(21)10-6-9(17)3-4-11(10)16/h3-4,6,8,13,22-23H,5,7H2,1-2H3,(H,18,21)(H,19,20)/t13-/m1/s1. The van der Waals surface area contributed by atoms with Crippen molar-refractivity contribution < 1.29 is 28.7 Å². The summed E-state index contributed by atoms with van der Waals surface area (Å²) >= 11 is 5.80. The molecule has 1 aromatic carbocycles. The molecule has 0 saturated heterocycles.